The Morgan fingerprint density at radius 1 is 0.732 bits per heavy atom. The van der Waals surface area contributed by atoms with Gasteiger partial charge in [-0.3, -0.25) is 43.4 Å². The second-order valence-electron chi connectivity index (χ2n) is 32.6. The monoisotopic (exact) mass is 1740 g/mol. The molecule has 1 saturated carbocycles. The van der Waals surface area contributed by atoms with Crippen molar-refractivity contribution in [2.24, 2.45) is 17.8 Å². The number of quaternary nitrogens is 1. The highest BCUT2D eigenvalue weighted by molar-refractivity contribution is 7.82. The van der Waals surface area contributed by atoms with E-state index in [1.165, 1.54) is 66.6 Å². The van der Waals surface area contributed by atoms with E-state index in [1.54, 1.807) is 30.1 Å². The minimum Gasteiger partial charge on any atom is -0.507 e. The number of rotatable bonds is 42. The summed E-state index contributed by atoms with van der Waals surface area (Å²) in [7, 11) is 1.56. The van der Waals surface area contributed by atoms with Crippen LogP contribution in [0.1, 0.15) is 135 Å². The zero-order valence-corrected chi connectivity index (χ0v) is 70.0. The van der Waals surface area contributed by atoms with Crippen LogP contribution >= 0.6 is 0 Å². The highest BCUT2D eigenvalue weighted by Crippen LogP contribution is 2.54. The molecule has 0 radical (unpaired) electrons. The fourth-order valence-electron chi connectivity index (χ4n) is 17.4. The van der Waals surface area contributed by atoms with E-state index in [4.69, 9.17) is 65.2 Å². The van der Waals surface area contributed by atoms with E-state index >= 15 is 0 Å². The molecule has 8 aliphatic rings. The summed E-state index contributed by atoms with van der Waals surface area (Å²) in [6.07, 6.45) is -4.46. The largest absolute Gasteiger partial charge is 0.507 e. The predicted octanol–water partition coefficient (Wildman–Crippen LogP) is 1.77. The number of hydrogen-bond donors (Lipinski definition) is 9. The highest BCUT2D eigenvalue weighted by Gasteiger charge is 2.55. The fourth-order valence-corrected chi connectivity index (χ4v) is 18.1. The van der Waals surface area contributed by atoms with Crippen LogP contribution in [0.3, 0.4) is 0 Å². The van der Waals surface area contributed by atoms with E-state index in [2.05, 4.69) is 25.8 Å². The molecule has 0 bridgehead atoms. The van der Waals surface area contributed by atoms with Crippen molar-refractivity contribution in [3.63, 3.8) is 0 Å². The molecular formula is C84H109N8O30S+. The van der Waals surface area contributed by atoms with E-state index in [0.717, 1.165) is 25.3 Å². The molecule has 38 nitrogen and oxygen atoms in total. The first-order chi connectivity index (χ1) is 59.0. The molecule has 5 aliphatic heterocycles. The Hall–Kier alpha value is -9.08. The van der Waals surface area contributed by atoms with E-state index in [-0.39, 0.29) is 156 Å². The molecule has 4 saturated heterocycles. The highest BCUT2D eigenvalue weighted by atomic mass is 32.3. The number of likely N-dealkylation sites (N-methyl/N-ethyl adjacent to an activating group) is 1. The molecule has 13 rings (SSSR count). The summed E-state index contributed by atoms with van der Waals surface area (Å²) in [4.78, 5) is 97.2. The molecule has 4 amide bonds. The van der Waals surface area contributed by atoms with Crippen molar-refractivity contribution in [2.45, 2.75) is 164 Å². The number of nitrogens with zero attached hydrogens (tertiary/aromatic N) is 6. The summed E-state index contributed by atoms with van der Waals surface area (Å²) in [5.41, 5.74) is -2.49. The van der Waals surface area contributed by atoms with Crippen LogP contribution in [0.15, 0.2) is 79.0 Å². The number of phenols is 2. The van der Waals surface area contributed by atoms with E-state index in [0.29, 0.717) is 103 Å². The molecule has 3 aliphatic carbocycles. The number of Topliss-reactive ketones (excluding diaryl/α,β-unsaturated/α-hetero) is 1. The van der Waals surface area contributed by atoms with Crippen molar-refractivity contribution in [1.29, 1.82) is 0 Å². The Morgan fingerprint density at radius 3 is 2.16 bits per heavy atom. The van der Waals surface area contributed by atoms with E-state index < -0.39 is 142 Å². The molecule has 0 spiro atoms. The maximum Gasteiger partial charge on any atom is 0.501 e. The van der Waals surface area contributed by atoms with Gasteiger partial charge >= 0.3 is 10.4 Å². The second kappa shape index (κ2) is 40.9. The van der Waals surface area contributed by atoms with Crippen molar-refractivity contribution in [3.05, 3.63) is 129 Å². The third-order valence-electron chi connectivity index (χ3n) is 23.8. The molecule has 5 aromatic rings. The Bertz CT molecular complexity index is 4720. The lowest BCUT2D eigenvalue weighted by Crippen LogP contribution is -2.60. The Kier molecular flexibility index (Phi) is 30.5. The molecule has 5 fully saturated rings. The molecular weight excluding hydrogens is 1630 g/mol. The number of aliphatic hydroxyl groups excluding tert-OH is 4. The summed E-state index contributed by atoms with van der Waals surface area (Å²) in [5.74, 6) is -5.85. The van der Waals surface area contributed by atoms with Gasteiger partial charge in [-0.25, -0.2) is 4.68 Å². The average Bonchev–Trinajstić information content (AvgIpc) is 1.18. The lowest BCUT2D eigenvalue weighted by Gasteiger charge is -2.44. The number of phenolic OH excluding ortho intramolecular Hbond substituents is 2. The lowest BCUT2D eigenvalue weighted by molar-refractivity contribution is -0.902. The zero-order chi connectivity index (χ0) is 87.4. The molecule has 123 heavy (non-hydrogen) atoms. The summed E-state index contributed by atoms with van der Waals surface area (Å²) < 4.78 is 110. The number of carbonyl (C=O) groups is 7. The van der Waals surface area contributed by atoms with Crippen LogP contribution < -0.4 is 28.5 Å². The third-order valence-corrected chi connectivity index (χ3v) is 24.5. The van der Waals surface area contributed by atoms with Crippen molar-refractivity contribution >= 4 is 51.4 Å². The number of aromatic nitrogens is 3. The molecule has 670 valence electrons. The van der Waals surface area contributed by atoms with Gasteiger partial charge in [0.1, 0.15) is 65.3 Å². The quantitative estimate of drug-likeness (QED) is 0.00867. The number of benzene rings is 4. The minimum atomic E-state index is -5.09. The number of hydrogen-bond acceptors (Lipinski definition) is 33. The smallest absolute Gasteiger partial charge is 0.501 e. The number of amides is 4. The first-order valence-corrected chi connectivity index (χ1v) is 42.8. The Labute approximate surface area is 710 Å². The summed E-state index contributed by atoms with van der Waals surface area (Å²) in [6, 6.07) is 13.8. The SMILES string of the molecule is COc1cccc2c1C(=O)c1c(O)c3c(c(O)c1C2=O)C[C@@](O)(C(=O)NCC[N+](C)(C)Cc1ccc(OS(=O)(=O)Oc2cc(C(=O)CCCOCCOCCOCCn4cc(COCCOCCNC(=O)C5CCC(CN6C(=O)C=CC6=O)CC5)nn4)ccc2OC2O[C@H](CO)[C@H](O)[C@H](O)[C@H]2O)cc1)C[C@@H]3O[C@H]1C[C@H]2[C@H](C[C@@H]3[C@@H](OC)OCCN32)[C@H](C)O1. The van der Waals surface area contributed by atoms with Gasteiger partial charge in [0, 0.05) is 117 Å². The lowest BCUT2D eigenvalue weighted by atomic mass is 9.72. The average molecular weight is 1740 g/mol. The number of nitrogens with one attached hydrogen (secondary N) is 2. The zero-order valence-electron chi connectivity index (χ0n) is 69.2. The van der Waals surface area contributed by atoms with Crippen LogP contribution in [-0.2, 0) is 103 Å². The van der Waals surface area contributed by atoms with Gasteiger partial charge in [0.05, 0.1) is 155 Å². The maximum absolute atomic E-state index is 14.6. The van der Waals surface area contributed by atoms with Gasteiger partial charge in [-0.1, -0.05) is 17.3 Å². The molecule has 9 N–H and O–H groups in total. The predicted molar refractivity (Wildman–Crippen MR) is 427 cm³/mol. The van der Waals surface area contributed by atoms with Gasteiger partial charge in [0.2, 0.25) is 18.0 Å². The molecule has 1 aromatic heterocycles. The van der Waals surface area contributed by atoms with Gasteiger partial charge in [-0.2, -0.15) is 0 Å². The standard InChI is InChI=1S/C84H108N8O30S/c1-48-56-39-59-81(110-5)116-31-26-90(59)58(56)40-68(117-48)118-64-42-84(106,41-57-70(64)77(101)72-71(74(57)98)73(97)55-8-6-10-62(109-4)69(55)76(72)100)83(105)86-23-27-92(2,3)45-50-13-18-54(19-14-50)121-123(107,108)122-63-38-52(17-20-61(63)119-82-79(103)78(102)75(99)65(46-93)120-82)60(94)9-7-28-111-32-34-114-35-33-113-30-25-89-44-53(87-88-89)47-115-37-36-112-29-24-85-80(104)51-15-11-49(12-16-51)43-91-66(95)21-22-67(91)96/h6,8,10,13-14,17-22,38,44,48-49,51,56,58-59,64-65,68,75,78-79,81-82,93,99,102-103,106H,7,9,11-12,15-16,23-37,39-43,45-47H2,1-5H3,(H3-,85,86,87,88,95,96,97,98,100,101,104,105)/p+1/t48-,49?,51?,56+,58-,59+,64-,65+,68-,75-,78-,79+,81-,82?,84-/m0/s1. The number of fused-ring (bicyclic) bond motifs is 6. The number of carbonyl (C=O) groups excluding carboxylic acids is 7. The molecule has 6 heterocycles. The number of imide groups is 1. The van der Waals surface area contributed by atoms with Crippen LogP contribution in [0.4, 0.5) is 0 Å². The van der Waals surface area contributed by atoms with Crippen LogP contribution in [-0.4, -0.2) is 315 Å². The van der Waals surface area contributed by atoms with Crippen LogP contribution in [0.25, 0.3) is 0 Å². The maximum atomic E-state index is 14.6. The van der Waals surface area contributed by atoms with Crippen LogP contribution in [0.5, 0.6) is 34.5 Å². The third kappa shape index (κ3) is 21.9. The summed E-state index contributed by atoms with van der Waals surface area (Å²) in [6.45, 7) is 6.60. The van der Waals surface area contributed by atoms with Gasteiger partial charge in [-0.05, 0) is 99.9 Å². The molecule has 13 atom stereocenters. The minimum absolute atomic E-state index is 0.0166. The first-order valence-electron chi connectivity index (χ1n) is 41.4. The normalized spacial score (nSPS) is 26.3. The van der Waals surface area contributed by atoms with Gasteiger partial charge in [0.25, 0.3) is 17.7 Å². The van der Waals surface area contributed by atoms with E-state index in [1.807, 2.05) is 21.0 Å². The number of ketones is 3. The Morgan fingerprint density at radius 2 is 1.44 bits per heavy atom. The first kappa shape index (κ1) is 91.6. The van der Waals surface area contributed by atoms with E-state index in [9.17, 15) is 77.7 Å². The number of aliphatic hydroxyl groups is 5. The Balaban J connectivity index is 0.544. The summed E-state index contributed by atoms with van der Waals surface area (Å²) in [5, 5.41) is 92.9. The number of morpholine rings is 1. The van der Waals surface area contributed by atoms with Crippen molar-refractivity contribution < 1.29 is 147 Å². The number of aromatic hydroxyl groups is 2. The molecule has 1 unspecified atom stereocenters. The van der Waals surface area contributed by atoms with Crippen LogP contribution in [0, 0.1) is 17.8 Å². The molecule has 4 aromatic carbocycles. The summed E-state index contributed by atoms with van der Waals surface area (Å²) >= 11 is 0. The van der Waals surface area contributed by atoms with Crippen LogP contribution in [0.2, 0.25) is 0 Å². The van der Waals surface area contributed by atoms with Gasteiger partial charge < -0.3 is 116 Å². The molecule has 39 heteroatoms. The second-order valence-corrected chi connectivity index (χ2v) is 33.7. The number of methoxy groups -OCH3 is 2. The van der Waals surface area contributed by atoms with Crippen molar-refractivity contribution in [1.82, 2.24) is 35.4 Å². The van der Waals surface area contributed by atoms with Gasteiger partial charge in [-0.15, -0.1) is 13.5 Å². The van der Waals surface area contributed by atoms with Crippen molar-refractivity contribution in [2.75, 3.05) is 134 Å². The van der Waals surface area contributed by atoms with Gasteiger partial charge in [0.15, 0.2) is 35.6 Å². The van der Waals surface area contributed by atoms with Crippen molar-refractivity contribution in [3.8, 4) is 34.5 Å². The fraction of sp³-hybridized carbons (Fsp3) is 0.583. The number of ether oxygens (including phenoxy) is 12. The topological polar surface area (TPSA) is 486 Å².